The highest BCUT2D eigenvalue weighted by molar-refractivity contribution is 7.89. The molecular weight excluding hydrogens is 530 g/mol. The summed E-state index contributed by atoms with van der Waals surface area (Å²) in [5, 5.41) is 14.4. The molecule has 0 bridgehead atoms. The largest absolute Gasteiger partial charge is 0.379 e. The fourth-order valence-electron chi connectivity index (χ4n) is 4.74. The standard InChI is InChI=1S/C29H27N5O5S/c1-3-33-28(35)25(20(2)26(18-30)29(33)36)17-22-19-34(23-9-5-4-6-10-23)31-27(22)21-8-7-11-24(16-21)40(37,38)32-12-14-39-15-13-32/h4-11,16-17,19H,3,12-15H2,1-2H3/b25-17+. The first-order chi connectivity index (χ1) is 19.3. The summed E-state index contributed by atoms with van der Waals surface area (Å²) in [6.07, 6.45) is 3.34. The molecule has 0 aliphatic carbocycles. The number of hydrogen-bond acceptors (Lipinski definition) is 7. The number of ether oxygens (including phenoxy) is 1. The summed E-state index contributed by atoms with van der Waals surface area (Å²) in [4.78, 5) is 27.1. The second kappa shape index (κ2) is 11.0. The first-order valence-corrected chi connectivity index (χ1v) is 14.2. The predicted molar refractivity (Wildman–Crippen MR) is 147 cm³/mol. The SMILES string of the molecule is CCN1C(=O)C(C#N)=C(C)/C(=C\c2cn(-c3ccccc3)nc2-c2cccc(S(=O)(=O)N3CCOCC3)c2)C1=O. The Morgan fingerprint density at radius 2 is 1.77 bits per heavy atom. The van der Waals surface area contributed by atoms with Gasteiger partial charge in [-0.05, 0) is 49.8 Å². The Balaban J connectivity index is 1.67. The van der Waals surface area contributed by atoms with Gasteiger partial charge in [-0.3, -0.25) is 14.5 Å². The number of amides is 2. The number of benzene rings is 2. The molecule has 0 atom stereocenters. The second-order valence-corrected chi connectivity index (χ2v) is 11.2. The number of sulfonamides is 1. The Kier molecular flexibility index (Phi) is 7.49. The van der Waals surface area contributed by atoms with Gasteiger partial charge < -0.3 is 4.74 Å². The molecule has 1 fully saturated rings. The lowest BCUT2D eigenvalue weighted by Gasteiger charge is -2.26. The molecule has 40 heavy (non-hydrogen) atoms. The topological polar surface area (TPSA) is 126 Å². The van der Waals surface area contributed by atoms with E-state index in [-0.39, 0.29) is 41.2 Å². The lowest BCUT2D eigenvalue weighted by atomic mass is 9.93. The van der Waals surface area contributed by atoms with E-state index in [1.54, 1.807) is 55.1 Å². The Morgan fingerprint density at radius 1 is 1.05 bits per heavy atom. The first kappa shape index (κ1) is 27.2. The number of hydrogen-bond donors (Lipinski definition) is 0. The molecule has 11 heteroatoms. The zero-order valence-electron chi connectivity index (χ0n) is 22.1. The average Bonchev–Trinajstić information content (AvgIpc) is 3.41. The van der Waals surface area contributed by atoms with Gasteiger partial charge in [-0.25, -0.2) is 13.1 Å². The van der Waals surface area contributed by atoms with Crippen LogP contribution in [-0.4, -0.2) is 72.1 Å². The van der Waals surface area contributed by atoms with Crippen LogP contribution in [0.3, 0.4) is 0 Å². The van der Waals surface area contributed by atoms with Crippen molar-refractivity contribution in [1.29, 1.82) is 5.26 Å². The molecule has 2 amide bonds. The molecule has 3 heterocycles. The first-order valence-electron chi connectivity index (χ1n) is 12.8. The molecule has 1 saturated heterocycles. The van der Waals surface area contributed by atoms with E-state index >= 15 is 0 Å². The zero-order valence-corrected chi connectivity index (χ0v) is 22.9. The molecule has 5 rings (SSSR count). The van der Waals surface area contributed by atoms with Crippen molar-refractivity contribution in [2.75, 3.05) is 32.8 Å². The summed E-state index contributed by atoms with van der Waals surface area (Å²) >= 11 is 0. The van der Waals surface area contributed by atoms with Gasteiger partial charge in [0, 0.05) is 42.5 Å². The molecule has 2 aromatic carbocycles. The van der Waals surface area contributed by atoms with Gasteiger partial charge in [-0.15, -0.1) is 0 Å². The summed E-state index contributed by atoms with van der Waals surface area (Å²) in [5.41, 5.74) is 2.64. The van der Waals surface area contributed by atoms with Crippen molar-refractivity contribution in [1.82, 2.24) is 19.0 Å². The zero-order chi connectivity index (χ0) is 28.4. The third-order valence-electron chi connectivity index (χ3n) is 6.92. The smallest absolute Gasteiger partial charge is 0.271 e. The summed E-state index contributed by atoms with van der Waals surface area (Å²) in [6, 6.07) is 17.8. The summed E-state index contributed by atoms with van der Waals surface area (Å²) < 4.78 is 35.1. The van der Waals surface area contributed by atoms with Crippen LogP contribution < -0.4 is 0 Å². The lowest BCUT2D eigenvalue weighted by Crippen LogP contribution is -2.42. The molecule has 0 radical (unpaired) electrons. The number of nitriles is 1. The monoisotopic (exact) mass is 557 g/mol. The maximum absolute atomic E-state index is 13.4. The second-order valence-electron chi connectivity index (χ2n) is 9.28. The number of para-hydroxylation sites is 1. The van der Waals surface area contributed by atoms with Crippen molar-refractivity contribution in [3.8, 4) is 23.0 Å². The fraction of sp³-hybridized carbons (Fsp3) is 0.241. The minimum Gasteiger partial charge on any atom is -0.379 e. The van der Waals surface area contributed by atoms with E-state index in [4.69, 9.17) is 9.84 Å². The molecule has 204 valence electrons. The molecule has 3 aromatic rings. The molecule has 2 aliphatic rings. The van der Waals surface area contributed by atoms with Crippen LogP contribution in [0.1, 0.15) is 19.4 Å². The van der Waals surface area contributed by atoms with E-state index < -0.39 is 21.8 Å². The van der Waals surface area contributed by atoms with Crippen molar-refractivity contribution in [2.24, 2.45) is 0 Å². The van der Waals surface area contributed by atoms with Gasteiger partial charge in [0.05, 0.1) is 23.8 Å². The van der Waals surface area contributed by atoms with Gasteiger partial charge in [-0.1, -0.05) is 30.3 Å². The predicted octanol–water partition coefficient (Wildman–Crippen LogP) is 3.17. The third kappa shape index (κ3) is 4.88. The highest BCUT2D eigenvalue weighted by Gasteiger charge is 2.35. The Morgan fingerprint density at radius 3 is 2.45 bits per heavy atom. The summed E-state index contributed by atoms with van der Waals surface area (Å²) in [5.74, 6) is -1.13. The van der Waals surface area contributed by atoms with Gasteiger partial charge in [0.25, 0.3) is 11.8 Å². The number of morpholine rings is 1. The van der Waals surface area contributed by atoms with Crippen LogP contribution in [0.4, 0.5) is 0 Å². The van der Waals surface area contributed by atoms with E-state index in [1.807, 2.05) is 36.4 Å². The number of likely N-dealkylation sites (N-methyl/N-ethyl adjacent to an activating group) is 1. The third-order valence-corrected chi connectivity index (χ3v) is 8.81. The van der Waals surface area contributed by atoms with Crippen molar-refractivity contribution in [2.45, 2.75) is 18.7 Å². The lowest BCUT2D eigenvalue weighted by molar-refractivity contribution is -0.140. The summed E-state index contributed by atoms with van der Waals surface area (Å²) in [6.45, 7) is 4.57. The Labute approximate surface area is 232 Å². The molecule has 0 spiro atoms. The molecule has 0 unspecified atom stereocenters. The van der Waals surface area contributed by atoms with Crippen LogP contribution in [0, 0.1) is 11.3 Å². The van der Waals surface area contributed by atoms with Crippen molar-refractivity contribution in [3.63, 3.8) is 0 Å². The minimum atomic E-state index is -3.76. The van der Waals surface area contributed by atoms with Gasteiger partial charge >= 0.3 is 0 Å². The maximum atomic E-state index is 13.4. The van der Waals surface area contributed by atoms with Crippen LogP contribution >= 0.6 is 0 Å². The molecule has 0 N–H and O–H groups in total. The average molecular weight is 558 g/mol. The molecular formula is C29H27N5O5S. The number of carbonyl (C=O) groups is 2. The minimum absolute atomic E-state index is 0.0942. The van der Waals surface area contributed by atoms with E-state index in [1.165, 1.54) is 4.31 Å². The van der Waals surface area contributed by atoms with Gasteiger partial charge in [0.15, 0.2) is 0 Å². The van der Waals surface area contributed by atoms with Gasteiger partial charge in [0.2, 0.25) is 10.0 Å². The number of carbonyl (C=O) groups excluding carboxylic acids is 2. The number of nitrogens with zero attached hydrogens (tertiary/aromatic N) is 5. The molecule has 10 nitrogen and oxygen atoms in total. The van der Waals surface area contributed by atoms with Crippen LogP contribution in [0.2, 0.25) is 0 Å². The fourth-order valence-corrected chi connectivity index (χ4v) is 6.20. The van der Waals surface area contributed by atoms with E-state index in [0.717, 1.165) is 10.6 Å². The highest BCUT2D eigenvalue weighted by Crippen LogP contribution is 2.32. The van der Waals surface area contributed by atoms with Crippen LogP contribution in [0.5, 0.6) is 0 Å². The van der Waals surface area contributed by atoms with Crippen LogP contribution in [0.25, 0.3) is 23.0 Å². The normalized spacial score (nSPS) is 17.9. The number of imide groups is 1. The Bertz CT molecular complexity index is 1690. The number of rotatable bonds is 6. The maximum Gasteiger partial charge on any atom is 0.271 e. The van der Waals surface area contributed by atoms with E-state index in [0.29, 0.717) is 30.0 Å². The van der Waals surface area contributed by atoms with Crippen LogP contribution in [0.15, 0.2) is 82.4 Å². The quantitative estimate of drug-likeness (QED) is 0.337. The Hall–Kier alpha value is -4.37. The molecule has 1 aromatic heterocycles. The van der Waals surface area contributed by atoms with E-state index in [9.17, 15) is 23.3 Å². The number of aromatic nitrogens is 2. The van der Waals surface area contributed by atoms with E-state index in [2.05, 4.69) is 0 Å². The highest BCUT2D eigenvalue weighted by atomic mass is 32.2. The summed E-state index contributed by atoms with van der Waals surface area (Å²) in [7, 11) is -3.76. The van der Waals surface area contributed by atoms with Crippen molar-refractivity contribution >= 4 is 27.9 Å². The van der Waals surface area contributed by atoms with Gasteiger partial charge in [-0.2, -0.15) is 14.7 Å². The molecule has 0 saturated carbocycles. The van der Waals surface area contributed by atoms with Crippen LogP contribution in [-0.2, 0) is 24.3 Å². The van der Waals surface area contributed by atoms with Gasteiger partial charge in [0.1, 0.15) is 17.3 Å². The van der Waals surface area contributed by atoms with Crippen molar-refractivity contribution < 1.29 is 22.7 Å². The molecule has 2 aliphatic heterocycles. The van der Waals surface area contributed by atoms with Crippen molar-refractivity contribution in [3.05, 3.63) is 83.1 Å².